The van der Waals surface area contributed by atoms with Crippen LogP contribution in [-0.2, 0) is 0 Å². The lowest BCUT2D eigenvalue weighted by molar-refractivity contribution is 1.67. The van der Waals surface area contributed by atoms with Crippen molar-refractivity contribution in [3.8, 4) is 0 Å². The van der Waals surface area contributed by atoms with Crippen LogP contribution in [0.25, 0.3) is 33.7 Å². The first-order valence-electron chi connectivity index (χ1n) is 8.03. The van der Waals surface area contributed by atoms with Crippen LogP contribution < -0.4 is 0 Å². The van der Waals surface area contributed by atoms with Gasteiger partial charge in [0.15, 0.2) is 0 Å². The van der Waals surface area contributed by atoms with Crippen molar-refractivity contribution in [2.24, 2.45) is 0 Å². The molecule has 0 unspecified atom stereocenters. The van der Waals surface area contributed by atoms with Crippen LogP contribution in [0.4, 0.5) is 0 Å². The minimum absolute atomic E-state index is 1.17. The minimum Gasteiger partial charge on any atom is -0.0985 e. The molecule has 4 aromatic carbocycles. The molecule has 0 heterocycles. The summed E-state index contributed by atoms with van der Waals surface area (Å²) in [7, 11) is 0. The van der Waals surface area contributed by atoms with Crippen LogP contribution in [0, 0.1) is 0 Å². The van der Waals surface area contributed by atoms with Gasteiger partial charge in [0.25, 0.3) is 0 Å². The quantitative estimate of drug-likeness (QED) is 0.351. The van der Waals surface area contributed by atoms with E-state index in [0.29, 0.717) is 0 Å². The van der Waals surface area contributed by atoms with Crippen molar-refractivity contribution in [1.82, 2.24) is 0 Å². The average Bonchev–Trinajstić information content (AvgIpc) is 2.67. The number of hydrogen-bond acceptors (Lipinski definition) is 0. The third kappa shape index (κ3) is 3.44. The Bertz CT molecular complexity index is 978. The Balaban J connectivity index is 0.000000179. The molecule has 0 aliphatic rings. The molecule has 24 heavy (non-hydrogen) atoms. The van der Waals surface area contributed by atoms with Gasteiger partial charge in [-0.15, -0.1) is 0 Å². The van der Waals surface area contributed by atoms with Crippen LogP contribution >= 0.6 is 0 Å². The maximum absolute atomic E-state index is 3.86. The molecule has 0 spiro atoms. The molecular formula is C24H20. The molecule has 0 heteroatoms. The lowest BCUT2D eigenvalue weighted by Gasteiger charge is -2.04. The lowest BCUT2D eigenvalue weighted by atomic mass is 10.00. The molecule has 0 fully saturated rings. The standard InChI is InChI=1S/C16H12.C8H8/c1-2-12-8-5-9-15-10-13-6-3-4-7-14(13)11-16(12)15;1-2-8-6-4-3-5-7-8/h2-11H,1H2;2-7H,1H2. The fourth-order valence-corrected chi connectivity index (χ4v) is 2.76. The summed E-state index contributed by atoms with van der Waals surface area (Å²) < 4.78 is 0. The first kappa shape index (κ1) is 15.8. The van der Waals surface area contributed by atoms with Crippen LogP contribution in [-0.4, -0.2) is 0 Å². The molecule has 116 valence electrons. The normalized spacial score (nSPS) is 10.0. The van der Waals surface area contributed by atoms with Gasteiger partial charge in [0.05, 0.1) is 0 Å². The summed E-state index contributed by atoms with van der Waals surface area (Å²) in [4.78, 5) is 0. The van der Waals surface area contributed by atoms with Gasteiger partial charge in [-0.05, 0) is 44.8 Å². The molecule has 4 rings (SSSR count). The molecule has 0 aliphatic heterocycles. The number of benzene rings is 4. The fraction of sp³-hybridized carbons (Fsp3) is 0. The Kier molecular flexibility index (Phi) is 4.88. The number of fused-ring (bicyclic) bond motifs is 2. The van der Waals surface area contributed by atoms with Crippen LogP contribution in [0.3, 0.4) is 0 Å². The highest BCUT2D eigenvalue weighted by atomic mass is 14.0. The van der Waals surface area contributed by atoms with Crippen LogP contribution in [0.2, 0.25) is 0 Å². The van der Waals surface area contributed by atoms with E-state index in [-0.39, 0.29) is 0 Å². The zero-order valence-corrected chi connectivity index (χ0v) is 13.7. The van der Waals surface area contributed by atoms with Crippen LogP contribution in [0.5, 0.6) is 0 Å². The van der Waals surface area contributed by atoms with Crippen LogP contribution in [0.15, 0.2) is 98.1 Å². The summed E-state index contributed by atoms with van der Waals surface area (Å²) in [5, 5.41) is 5.12. The summed E-state index contributed by atoms with van der Waals surface area (Å²) in [6, 6.07) is 29.3. The van der Waals surface area contributed by atoms with E-state index in [9.17, 15) is 0 Å². The Hall–Kier alpha value is -3.12. The molecule has 0 aromatic heterocycles. The zero-order chi connectivity index (χ0) is 16.8. The molecule has 4 aromatic rings. The van der Waals surface area contributed by atoms with Gasteiger partial charge < -0.3 is 0 Å². The zero-order valence-electron chi connectivity index (χ0n) is 13.7. The molecule has 0 bridgehead atoms. The third-order valence-electron chi connectivity index (χ3n) is 4.04. The van der Waals surface area contributed by atoms with Gasteiger partial charge in [0.1, 0.15) is 0 Å². The highest BCUT2D eigenvalue weighted by molar-refractivity contribution is 6.01. The topological polar surface area (TPSA) is 0 Å². The largest absolute Gasteiger partial charge is 0.0985 e. The minimum atomic E-state index is 1.17. The summed E-state index contributed by atoms with van der Waals surface area (Å²) in [5.74, 6) is 0. The van der Waals surface area contributed by atoms with E-state index in [4.69, 9.17) is 0 Å². The maximum Gasteiger partial charge on any atom is -0.0105 e. The van der Waals surface area contributed by atoms with E-state index in [2.05, 4.69) is 67.8 Å². The van der Waals surface area contributed by atoms with E-state index in [1.54, 1.807) is 0 Å². The summed E-state index contributed by atoms with van der Waals surface area (Å²) in [6.07, 6.45) is 3.75. The number of hydrogen-bond donors (Lipinski definition) is 0. The Morgan fingerprint density at radius 2 is 1.17 bits per heavy atom. The summed E-state index contributed by atoms with van der Waals surface area (Å²) >= 11 is 0. The van der Waals surface area contributed by atoms with Gasteiger partial charge >= 0.3 is 0 Å². The van der Waals surface area contributed by atoms with Crippen LogP contribution in [0.1, 0.15) is 11.1 Å². The molecule has 0 N–H and O–H groups in total. The third-order valence-corrected chi connectivity index (χ3v) is 4.04. The predicted molar refractivity (Wildman–Crippen MR) is 108 cm³/mol. The SMILES string of the molecule is C=Cc1cccc2cc3ccccc3cc12.C=Cc1ccccc1. The van der Waals surface area contributed by atoms with Crippen molar-refractivity contribution >= 4 is 33.7 Å². The van der Waals surface area contributed by atoms with Crippen molar-refractivity contribution < 1.29 is 0 Å². The van der Waals surface area contributed by atoms with Gasteiger partial charge in [-0.3, -0.25) is 0 Å². The number of rotatable bonds is 2. The maximum atomic E-state index is 3.86. The molecule has 0 atom stereocenters. The van der Waals surface area contributed by atoms with E-state index < -0.39 is 0 Å². The fourth-order valence-electron chi connectivity index (χ4n) is 2.76. The van der Waals surface area contributed by atoms with E-state index >= 15 is 0 Å². The molecule has 0 amide bonds. The molecule has 0 nitrogen and oxygen atoms in total. The Morgan fingerprint density at radius 3 is 1.79 bits per heavy atom. The average molecular weight is 308 g/mol. The van der Waals surface area contributed by atoms with Crippen molar-refractivity contribution in [3.05, 3.63) is 109 Å². The van der Waals surface area contributed by atoms with E-state index in [1.807, 2.05) is 42.5 Å². The molecular weight excluding hydrogens is 288 g/mol. The van der Waals surface area contributed by atoms with Crippen molar-refractivity contribution in [2.75, 3.05) is 0 Å². The van der Waals surface area contributed by atoms with E-state index in [1.165, 1.54) is 32.7 Å². The second-order valence-corrected chi connectivity index (χ2v) is 5.59. The summed E-state index contributed by atoms with van der Waals surface area (Å²) in [6.45, 7) is 7.49. The highest BCUT2D eigenvalue weighted by Gasteiger charge is 1.99. The van der Waals surface area contributed by atoms with Crippen molar-refractivity contribution in [3.63, 3.8) is 0 Å². The van der Waals surface area contributed by atoms with Gasteiger partial charge in [0.2, 0.25) is 0 Å². The lowest BCUT2D eigenvalue weighted by Crippen LogP contribution is -1.79. The Morgan fingerprint density at radius 1 is 0.542 bits per heavy atom. The second kappa shape index (κ2) is 7.43. The van der Waals surface area contributed by atoms with Crippen molar-refractivity contribution in [2.45, 2.75) is 0 Å². The smallest absolute Gasteiger partial charge is 0.0105 e. The van der Waals surface area contributed by atoms with Gasteiger partial charge in [-0.25, -0.2) is 0 Å². The van der Waals surface area contributed by atoms with Gasteiger partial charge in [-0.2, -0.15) is 0 Å². The molecule has 0 radical (unpaired) electrons. The Labute approximate surface area is 143 Å². The highest BCUT2D eigenvalue weighted by Crippen LogP contribution is 2.25. The van der Waals surface area contributed by atoms with Gasteiger partial charge in [0, 0.05) is 0 Å². The molecule has 0 saturated carbocycles. The van der Waals surface area contributed by atoms with Gasteiger partial charge in [-0.1, -0.05) is 98.1 Å². The second-order valence-electron chi connectivity index (χ2n) is 5.59. The monoisotopic (exact) mass is 308 g/mol. The van der Waals surface area contributed by atoms with Crippen molar-refractivity contribution in [1.29, 1.82) is 0 Å². The summed E-state index contributed by atoms with van der Waals surface area (Å²) in [5.41, 5.74) is 2.37. The predicted octanol–water partition coefficient (Wildman–Crippen LogP) is 6.97. The molecule has 0 saturated heterocycles. The van der Waals surface area contributed by atoms with E-state index in [0.717, 1.165) is 0 Å². The first-order chi connectivity index (χ1) is 11.8. The molecule has 0 aliphatic carbocycles. The first-order valence-corrected chi connectivity index (χ1v) is 8.03.